The molecule has 0 radical (unpaired) electrons. The molecular weight excluding hydrogens is 248 g/mol. The van der Waals surface area contributed by atoms with E-state index in [-0.39, 0.29) is 12.1 Å². The van der Waals surface area contributed by atoms with Crippen LogP contribution in [-0.4, -0.2) is 18.2 Å². The Bertz CT molecular complexity index is 412. The summed E-state index contributed by atoms with van der Waals surface area (Å²) in [5.41, 5.74) is 0.123. The fourth-order valence-electron chi connectivity index (χ4n) is 2.63. The minimum Gasteiger partial charge on any atom is -0.387 e. The van der Waals surface area contributed by atoms with Crippen molar-refractivity contribution in [1.82, 2.24) is 5.32 Å². The molecule has 0 bridgehead atoms. The van der Waals surface area contributed by atoms with Crippen LogP contribution in [0.4, 0.5) is 8.78 Å². The van der Waals surface area contributed by atoms with Crippen LogP contribution in [0.25, 0.3) is 0 Å². The minimum atomic E-state index is -1.14. The monoisotopic (exact) mass is 269 g/mol. The molecule has 1 saturated carbocycles. The van der Waals surface area contributed by atoms with Gasteiger partial charge in [-0.3, -0.25) is 0 Å². The highest BCUT2D eigenvalue weighted by Gasteiger charge is 2.40. The van der Waals surface area contributed by atoms with Crippen LogP contribution < -0.4 is 5.32 Å². The smallest absolute Gasteiger partial charge is 0.131 e. The van der Waals surface area contributed by atoms with Crippen molar-refractivity contribution in [2.24, 2.45) is 5.41 Å². The van der Waals surface area contributed by atoms with Crippen LogP contribution in [0.5, 0.6) is 0 Å². The number of halogens is 2. The lowest BCUT2D eigenvalue weighted by Gasteiger charge is -2.18. The van der Waals surface area contributed by atoms with Gasteiger partial charge in [0, 0.05) is 13.1 Å². The van der Waals surface area contributed by atoms with Gasteiger partial charge in [-0.05, 0) is 36.8 Å². The first-order valence-electron chi connectivity index (χ1n) is 6.91. The van der Waals surface area contributed by atoms with Crippen LogP contribution in [0.3, 0.4) is 0 Å². The molecule has 0 amide bonds. The lowest BCUT2D eigenvalue weighted by atomic mass is 10.0. The maximum Gasteiger partial charge on any atom is 0.131 e. The van der Waals surface area contributed by atoms with E-state index in [9.17, 15) is 13.9 Å². The van der Waals surface area contributed by atoms with Crippen LogP contribution in [0.1, 0.15) is 44.3 Å². The Morgan fingerprint density at radius 3 is 2.47 bits per heavy atom. The molecule has 0 saturated heterocycles. The second-order valence-electron chi connectivity index (χ2n) is 5.53. The normalized spacial score (nSPS) is 18.3. The SMILES string of the molecule is CCCC1(CNCC(O)c2c(F)cccc2F)CC1. The van der Waals surface area contributed by atoms with Crippen LogP contribution in [0.2, 0.25) is 0 Å². The molecule has 1 unspecified atom stereocenters. The van der Waals surface area contributed by atoms with Crippen molar-refractivity contribution < 1.29 is 13.9 Å². The second kappa shape index (κ2) is 5.97. The fraction of sp³-hybridized carbons (Fsp3) is 0.600. The Labute approximate surface area is 112 Å². The van der Waals surface area contributed by atoms with E-state index in [0.717, 1.165) is 13.0 Å². The van der Waals surface area contributed by atoms with Gasteiger partial charge < -0.3 is 10.4 Å². The van der Waals surface area contributed by atoms with Gasteiger partial charge in [0.1, 0.15) is 11.6 Å². The number of hydrogen-bond donors (Lipinski definition) is 2. The molecule has 1 aromatic carbocycles. The van der Waals surface area contributed by atoms with Gasteiger partial charge in [-0.15, -0.1) is 0 Å². The Kier molecular flexibility index (Phi) is 4.53. The molecule has 0 heterocycles. The van der Waals surface area contributed by atoms with Crippen molar-refractivity contribution in [2.45, 2.75) is 38.7 Å². The number of aliphatic hydroxyl groups is 1. The fourth-order valence-corrected chi connectivity index (χ4v) is 2.63. The van der Waals surface area contributed by atoms with Crippen molar-refractivity contribution >= 4 is 0 Å². The van der Waals surface area contributed by atoms with E-state index in [1.807, 2.05) is 0 Å². The van der Waals surface area contributed by atoms with Crippen molar-refractivity contribution in [3.8, 4) is 0 Å². The zero-order chi connectivity index (χ0) is 13.9. The van der Waals surface area contributed by atoms with Crippen LogP contribution in [0.15, 0.2) is 18.2 Å². The standard InChI is InChI=1S/C15H21F2NO/c1-2-6-15(7-8-15)10-18-9-13(19)14-11(16)4-3-5-12(14)17/h3-5,13,18-19H,2,6-10H2,1H3. The Hall–Kier alpha value is -1.00. The zero-order valence-electron chi connectivity index (χ0n) is 11.3. The molecule has 2 nitrogen and oxygen atoms in total. The summed E-state index contributed by atoms with van der Waals surface area (Å²) in [5.74, 6) is -1.38. The summed E-state index contributed by atoms with van der Waals surface area (Å²) in [6.45, 7) is 3.15. The molecule has 1 fully saturated rings. The van der Waals surface area contributed by atoms with Gasteiger partial charge in [0.2, 0.25) is 0 Å². The molecule has 2 rings (SSSR count). The molecule has 0 spiro atoms. The minimum absolute atomic E-state index is 0.184. The number of benzene rings is 1. The third kappa shape index (κ3) is 3.51. The highest BCUT2D eigenvalue weighted by Crippen LogP contribution is 2.48. The van der Waals surface area contributed by atoms with E-state index < -0.39 is 17.7 Å². The number of hydrogen-bond acceptors (Lipinski definition) is 2. The predicted octanol–water partition coefficient (Wildman–Crippen LogP) is 3.17. The molecule has 4 heteroatoms. The van der Waals surface area contributed by atoms with Crippen molar-refractivity contribution in [1.29, 1.82) is 0 Å². The molecule has 2 N–H and O–H groups in total. The third-order valence-electron chi connectivity index (χ3n) is 3.91. The number of nitrogens with one attached hydrogen (secondary N) is 1. The topological polar surface area (TPSA) is 32.3 Å². The first kappa shape index (κ1) is 14.4. The quantitative estimate of drug-likeness (QED) is 0.797. The van der Waals surface area contributed by atoms with Gasteiger partial charge in [-0.25, -0.2) is 8.78 Å². The van der Waals surface area contributed by atoms with Gasteiger partial charge in [0.05, 0.1) is 11.7 Å². The Morgan fingerprint density at radius 2 is 1.95 bits per heavy atom. The highest BCUT2D eigenvalue weighted by atomic mass is 19.1. The summed E-state index contributed by atoms with van der Waals surface area (Å²) in [5, 5.41) is 13.0. The number of aliphatic hydroxyl groups excluding tert-OH is 1. The molecule has 1 atom stereocenters. The summed E-state index contributed by atoms with van der Waals surface area (Å²) >= 11 is 0. The lowest BCUT2D eigenvalue weighted by Crippen LogP contribution is -2.29. The molecule has 1 aromatic rings. The lowest BCUT2D eigenvalue weighted by molar-refractivity contribution is 0.162. The average molecular weight is 269 g/mol. The number of rotatable bonds is 7. The van der Waals surface area contributed by atoms with E-state index in [1.54, 1.807) is 0 Å². The van der Waals surface area contributed by atoms with Gasteiger partial charge in [0.15, 0.2) is 0 Å². The van der Waals surface area contributed by atoms with Crippen molar-refractivity contribution in [2.75, 3.05) is 13.1 Å². The molecule has 0 aromatic heterocycles. The highest BCUT2D eigenvalue weighted by molar-refractivity contribution is 5.22. The first-order chi connectivity index (χ1) is 9.08. The van der Waals surface area contributed by atoms with Crippen LogP contribution >= 0.6 is 0 Å². The van der Waals surface area contributed by atoms with Gasteiger partial charge in [0.25, 0.3) is 0 Å². The molecule has 19 heavy (non-hydrogen) atoms. The zero-order valence-corrected chi connectivity index (χ0v) is 11.3. The molecule has 1 aliphatic carbocycles. The van der Waals surface area contributed by atoms with Crippen molar-refractivity contribution in [3.05, 3.63) is 35.4 Å². The largest absolute Gasteiger partial charge is 0.387 e. The van der Waals surface area contributed by atoms with Gasteiger partial charge >= 0.3 is 0 Å². The molecule has 0 aliphatic heterocycles. The Balaban J connectivity index is 1.86. The molecule has 1 aliphatic rings. The first-order valence-corrected chi connectivity index (χ1v) is 6.91. The summed E-state index contributed by atoms with van der Waals surface area (Å²) in [4.78, 5) is 0. The summed E-state index contributed by atoms with van der Waals surface area (Å²) < 4.78 is 26.9. The van der Waals surface area contributed by atoms with Gasteiger partial charge in [-0.2, -0.15) is 0 Å². The van der Waals surface area contributed by atoms with E-state index in [0.29, 0.717) is 5.41 Å². The Morgan fingerprint density at radius 1 is 1.32 bits per heavy atom. The van der Waals surface area contributed by atoms with E-state index in [2.05, 4.69) is 12.2 Å². The van der Waals surface area contributed by atoms with E-state index in [1.165, 1.54) is 37.5 Å². The molecule has 106 valence electrons. The summed E-state index contributed by atoms with van der Waals surface area (Å²) in [6.07, 6.45) is 3.59. The van der Waals surface area contributed by atoms with E-state index >= 15 is 0 Å². The average Bonchev–Trinajstić information content (AvgIpc) is 3.09. The van der Waals surface area contributed by atoms with Gasteiger partial charge in [-0.1, -0.05) is 19.4 Å². The maximum absolute atomic E-state index is 13.5. The van der Waals surface area contributed by atoms with Crippen LogP contribution in [-0.2, 0) is 0 Å². The predicted molar refractivity (Wildman–Crippen MR) is 70.8 cm³/mol. The van der Waals surface area contributed by atoms with Crippen LogP contribution in [0, 0.1) is 17.0 Å². The molecular formula is C15H21F2NO. The summed E-state index contributed by atoms with van der Waals surface area (Å²) in [6, 6.07) is 3.64. The second-order valence-corrected chi connectivity index (χ2v) is 5.53. The maximum atomic E-state index is 13.5. The summed E-state index contributed by atoms with van der Waals surface area (Å²) in [7, 11) is 0. The third-order valence-corrected chi connectivity index (χ3v) is 3.91. The van der Waals surface area contributed by atoms with Crippen molar-refractivity contribution in [3.63, 3.8) is 0 Å². The van der Waals surface area contributed by atoms with E-state index in [4.69, 9.17) is 0 Å².